The van der Waals surface area contributed by atoms with Crippen molar-refractivity contribution in [3.05, 3.63) is 70.9 Å². The van der Waals surface area contributed by atoms with Crippen LogP contribution >= 0.6 is 0 Å². The molecule has 6 nitrogen and oxygen atoms in total. The summed E-state index contributed by atoms with van der Waals surface area (Å²) in [7, 11) is 0. The van der Waals surface area contributed by atoms with Crippen molar-refractivity contribution in [2.75, 3.05) is 0 Å². The monoisotopic (exact) mass is 284 g/mol. The number of non-ortho nitro benzene ring substituents is 1. The predicted molar refractivity (Wildman–Crippen MR) is 73.4 cm³/mol. The van der Waals surface area contributed by atoms with Gasteiger partial charge in [-0.15, -0.1) is 0 Å². The zero-order valence-corrected chi connectivity index (χ0v) is 10.7. The molecule has 1 aromatic carbocycles. The number of nitro groups is 1. The van der Waals surface area contributed by atoms with Crippen molar-refractivity contribution in [2.45, 2.75) is 0 Å². The lowest BCUT2D eigenvalue weighted by Crippen LogP contribution is -1.99. The molecule has 0 N–H and O–H groups in total. The van der Waals surface area contributed by atoms with E-state index in [4.69, 9.17) is 0 Å². The highest BCUT2D eigenvalue weighted by Gasteiger charge is 2.13. The Bertz CT molecular complexity index is 802. The van der Waals surface area contributed by atoms with E-state index in [1.54, 1.807) is 24.7 Å². The van der Waals surface area contributed by atoms with Crippen LogP contribution in [-0.2, 0) is 0 Å². The van der Waals surface area contributed by atoms with Crippen molar-refractivity contribution < 1.29 is 9.31 Å². The third-order valence-corrected chi connectivity index (χ3v) is 2.93. The molecule has 104 valence electrons. The van der Waals surface area contributed by atoms with Crippen LogP contribution in [0.25, 0.3) is 16.9 Å². The van der Waals surface area contributed by atoms with Crippen LogP contribution in [0.15, 0.2) is 55.0 Å². The van der Waals surface area contributed by atoms with E-state index in [9.17, 15) is 14.5 Å². The molecule has 0 radical (unpaired) electrons. The molecule has 0 atom stereocenters. The third kappa shape index (κ3) is 2.48. The van der Waals surface area contributed by atoms with E-state index in [0.717, 1.165) is 11.6 Å². The minimum absolute atomic E-state index is 0.141. The van der Waals surface area contributed by atoms with Crippen molar-refractivity contribution >= 4 is 5.69 Å². The molecule has 2 aromatic heterocycles. The van der Waals surface area contributed by atoms with Gasteiger partial charge in [-0.2, -0.15) is 5.10 Å². The van der Waals surface area contributed by atoms with Crippen LogP contribution in [0.4, 0.5) is 10.1 Å². The molecule has 0 amide bonds. The molecule has 3 rings (SSSR count). The number of rotatable bonds is 3. The number of hydrogen-bond donors (Lipinski definition) is 0. The minimum atomic E-state index is -0.708. The van der Waals surface area contributed by atoms with Crippen LogP contribution in [0.3, 0.4) is 0 Å². The SMILES string of the molecule is O=[N+]([O-])c1ccc(-n2cc(-c3ccccn3)cn2)c(F)c1. The van der Waals surface area contributed by atoms with E-state index in [2.05, 4.69) is 10.1 Å². The van der Waals surface area contributed by atoms with Gasteiger partial charge in [-0.3, -0.25) is 15.1 Å². The van der Waals surface area contributed by atoms with E-state index in [1.165, 1.54) is 16.8 Å². The fraction of sp³-hybridized carbons (Fsp3) is 0. The van der Waals surface area contributed by atoms with Crippen LogP contribution in [0.2, 0.25) is 0 Å². The number of halogens is 1. The Kier molecular flexibility index (Phi) is 3.15. The van der Waals surface area contributed by atoms with Crippen molar-refractivity contribution in [3.63, 3.8) is 0 Å². The summed E-state index contributed by atoms with van der Waals surface area (Å²) in [5.41, 5.74) is 1.29. The molecule has 0 bridgehead atoms. The summed E-state index contributed by atoms with van der Waals surface area (Å²) >= 11 is 0. The van der Waals surface area contributed by atoms with Gasteiger partial charge in [0.05, 0.1) is 22.9 Å². The number of aromatic nitrogens is 3. The van der Waals surface area contributed by atoms with Gasteiger partial charge >= 0.3 is 0 Å². The fourth-order valence-corrected chi connectivity index (χ4v) is 1.92. The molecule has 2 heterocycles. The topological polar surface area (TPSA) is 73.8 Å². The first-order chi connectivity index (χ1) is 10.1. The van der Waals surface area contributed by atoms with Crippen molar-refractivity contribution in [3.8, 4) is 16.9 Å². The lowest BCUT2D eigenvalue weighted by molar-refractivity contribution is -0.385. The number of benzene rings is 1. The smallest absolute Gasteiger partial charge is 0.258 e. The Balaban J connectivity index is 1.99. The minimum Gasteiger partial charge on any atom is -0.258 e. The van der Waals surface area contributed by atoms with Crippen LogP contribution in [0, 0.1) is 15.9 Å². The zero-order valence-electron chi connectivity index (χ0n) is 10.7. The molecule has 0 saturated heterocycles. The predicted octanol–water partition coefficient (Wildman–Crippen LogP) is 2.98. The van der Waals surface area contributed by atoms with Crippen LogP contribution in [-0.4, -0.2) is 19.7 Å². The van der Waals surface area contributed by atoms with Gasteiger partial charge in [0.1, 0.15) is 5.69 Å². The van der Waals surface area contributed by atoms with E-state index in [1.807, 2.05) is 12.1 Å². The summed E-state index contributed by atoms with van der Waals surface area (Å²) in [4.78, 5) is 14.1. The average Bonchev–Trinajstić information content (AvgIpc) is 2.97. The molecule has 0 unspecified atom stereocenters. The molecular formula is C14H9FN4O2. The van der Waals surface area contributed by atoms with E-state index >= 15 is 0 Å². The Morgan fingerprint density at radius 3 is 2.76 bits per heavy atom. The summed E-state index contributed by atoms with van der Waals surface area (Å²) < 4.78 is 15.2. The molecule has 3 aromatic rings. The highest BCUT2D eigenvalue weighted by molar-refractivity contribution is 5.57. The standard InChI is InChI=1S/C14H9FN4O2/c15-12-7-11(19(20)21)4-5-14(12)18-9-10(8-17-18)13-3-1-2-6-16-13/h1-9H. The Hall–Kier alpha value is -3.09. The quantitative estimate of drug-likeness (QED) is 0.547. The summed E-state index contributed by atoms with van der Waals surface area (Å²) in [6.45, 7) is 0. The lowest BCUT2D eigenvalue weighted by atomic mass is 10.2. The summed E-state index contributed by atoms with van der Waals surface area (Å²) in [6.07, 6.45) is 4.83. The molecule has 0 aliphatic carbocycles. The normalized spacial score (nSPS) is 10.5. The lowest BCUT2D eigenvalue weighted by Gasteiger charge is -2.02. The van der Waals surface area contributed by atoms with Crippen molar-refractivity contribution in [1.29, 1.82) is 0 Å². The fourth-order valence-electron chi connectivity index (χ4n) is 1.92. The van der Waals surface area contributed by atoms with Crippen molar-refractivity contribution in [1.82, 2.24) is 14.8 Å². The largest absolute Gasteiger partial charge is 0.272 e. The third-order valence-electron chi connectivity index (χ3n) is 2.93. The maximum Gasteiger partial charge on any atom is 0.272 e. The number of pyridine rings is 1. The first-order valence-corrected chi connectivity index (χ1v) is 6.05. The molecule has 7 heteroatoms. The van der Waals surface area contributed by atoms with E-state index in [0.29, 0.717) is 5.69 Å². The molecule has 0 aliphatic heterocycles. The van der Waals surface area contributed by atoms with Crippen LogP contribution in [0.1, 0.15) is 0 Å². The Morgan fingerprint density at radius 2 is 2.10 bits per heavy atom. The van der Waals surface area contributed by atoms with Gasteiger partial charge < -0.3 is 0 Å². The van der Waals surface area contributed by atoms with Gasteiger partial charge in [0.15, 0.2) is 5.82 Å². The maximum atomic E-state index is 13.9. The van der Waals surface area contributed by atoms with Crippen molar-refractivity contribution in [2.24, 2.45) is 0 Å². The van der Waals surface area contributed by atoms with Crippen LogP contribution < -0.4 is 0 Å². The number of hydrogen-bond acceptors (Lipinski definition) is 4. The highest BCUT2D eigenvalue weighted by Crippen LogP contribution is 2.22. The Morgan fingerprint density at radius 1 is 1.24 bits per heavy atom. The second-order valence-corrected chi connectivity index (χ2v) is 4.28. The second kappa shape index (κ2) is 5.12. The van der Waals surface area contributed by atoms with Gasteiger partial charge in [-0.05, 0) is 18.2 Å². The number of nitro benzene ring substituents is 1. The molecular weight excluding hydrogens is 275 g/mol. The average molecular weight is 284 g/mol. The molecule has 0 spiro atoms. The number of nitrogens with zero attached hydrogens (tertiary/aromatic N) is 4. The molecule has 0 aliphatic rings. The molecule has 0 saturated carbocycles. The Labute approximate surface area is 118 Å². The van der Waals surface area contributed by atoms with Gasteiger partial charge in [0.25, 0.3) is 5.69 Å². The summed E-state index contributed by atoms with van der Waals surface area (Å²) in [5.74, 6) is -0.708. The highest BCUT2D eigenvalue weighted by atomic mass is 19.1. The molecule has 0 fully saturated rings. The summed E-state index contributed by atoms with van der Waals surface area (Å²) in [6, 6.07) is 8.88. The first kappa shape index (κ1) is 12.9. The van der Waals surface area contributed by atoms with E-state index in [-0.39, 0.29) is 11.4 Å². The van der Waals surface area contributed by atoms with Gasteiger partial charge in [0.2, 0.25) is 0 Å². The molecule has 21 heavy (non-hydrogen) atoms. The van der Waals surface area contributed by atoms with Gasteiger partial charge in [-0.25, -0.2) is 9.07 Å². The van der Waals surface area contributed by atoms with Crippen LogP contribution in [0.5, 0.6) is 0 Å². The van der Waals surface area contributed by atoms with E-state index < -0.39 is 10.7 Å². The summed E-state index contributed by atoms with van der Waals surface area (Å²) in [5, 5.41) is 14.7. The zero-order chi connectivity index (χ0) is 14.8. The maximum absolute atomic E-state index is 13.9. The van der Waals surface area contributed by atoms with Gasteiger partial charge in [-0.1, -0.05) is 6.07 Å². The van der Waals surface area contributed by atoms with Gasteiger partial charge in [0, 0.05) is 24.0 Å². The first-order valence-electron chi connectivity index (χ1n) is 6.05. The second-order valence-electron chi connectivity index (χ2n) is 4.28.